The quantitative estimate of drug-likeness (QED) is 0.824. The predicted octanol–water partition coefficient (Wildman–Crippen LogP) is 1.11. The zero-order valence-electron chi connectivity index (χ0n) is 14.5. The summed E-state index contributed by atoms with van der Waals surface area (Å²) in [6.45, 7) is 11.4. The highest BCUT2D eigenvalue weighted by molar-refractivity contribution is 5.21. The maximum atomic E-state index is 2.45. The van der Waals surface area contributed by atoms with Crippen molar-refractivity contribution in [1.29, 1.82) is 0 Å². The molecule has 0 bridgehead atoms. The Morgan fingerprint density at radius 1 is 0.955 bits per heavy atom. The van der Waals surface area contributed by atoms with Crippen LogP contribution in [-0.4, -0.2) is 32.2 Å². The molecule has 1 aliphatic carbocycles. The lowest BCUT2D eigenvalue weighted by atomic mass is 9.86. The number of hydrogen-bond donors (Lipinski definition) is 2. The fourth-order valence-electron chi connectivity index (χ4n) is 4.50. The van der Waals surface area contributed by atoms with E-state index in [1.165, 1.54) is 69.5 Å². The number of hydrogen-bond acceptors (Lipinski definition) is 0. The highest BCUT2D eigenvalue weighted by atomic mass is 15.3. The van der Waals surface area contributed by atoms with Gasteiger partial charge in [0.2, 0.25) is 0 Å². The molecule has 1 aromatic rings. The molecule has 2 aliphatic rings. The molecule has 0 spiro atoms. The summed E-state index contributed by atoms with van der Waals surface area (Å²) in [4.78, 5) is 3.70. The summed E-state index contributed by atoms with van der Waals surface area (Å²) >= 11 is 0. The van der Waals surface area contributed by atoms with Crippen LogP contribution in [0.5, 0.6) is 0 Å². The molecule has 2 atom stereocenters. The number of quaternary nitrogens is 2. The highest BCUT2D eigenvalue weighted by Crippen LogP contribution is 2.21. The van der Waals surface area contributed by atoms with Gasteiger partial charge in [0.05, 0.1) is 6.04 Å². The standard InChI is InChI=1S/C20H32N2/c1-3-18-7-9-19(10-8-18)16-21-11-13-22(14-12-21)20-6-4-5-17(2)15-20/h7-10,17,20H,3-6,11-16H2,1-2H3/p+2/t17-,20-/m0/s1. The molecule has 3 rings (SSSR count). The Bertz CT molecular complexity index is 445. The molecule has 22 heavy (non-hydrogen) atoms. The van der Waals surface area contributed by atoms with Crippen molar-refractivity contribution in [3.05, 3.63) is 35.4 Å². The van der Waals surface area contributed by atoms with Gasteiger partial charge in [-0.2, -0.15) is 0 Å². The van der Waals surface area contributed by atoms with Gasteiger partial charge in [-0.05, 0) is 30.7 Å². The first kappa shape index (κ1) is 16.0. The summed E-state index contributed by atoms with van der Waals surface area (Å²) in [7, 11) is 0. The Morgan fingerprint density at radius 3 is 2.27 bits per heavy atom. The molecule has 0 aromatic heterocycles. The van der Waals surface area contributed by atoms with E-state index in [0.29, 0.717) is 0 Å². The van der Waals surface area contributed by atoms with E-state index in [1.54, 1.807) is 4.90 Å². The van der Waals surface area contributed by atoms with Crippen molar-refractivity contribution in [2.24, 2.45) is 5.92 Å². The fraction of sp³-hybridized carbons (Fsp3) is 0.700. The Kier molecular flexibility index (Phi) is 5.54. The van der Waals surface area contributed by atoms with E-state index in [0.717, 1.165) is 18.4 Å². The predicted molar refractivity (Wildman–Crippen MR) is 92.3 cm³/mol. The van der Waals surface area contributed by atoms with Gasteiger partial charge in [0, 0.05) is 12.0 Å². The van der Waals surface area contributed by atoms with Crippen LogP contribution in [0.2, 0.25) is 0 Å². The molecule has 1 saturated carbocycles. The Balaban J connectivity index is 1.46. The van der Waals surface area contributed by atoms with Crippen molar-refractivity contribution >= 4 is 0 Å². The number of rotatable bonds is 4. The summed E-state index contributed by atoms with van der Waals surface area (Å²) in [5.41, 5.74) is 2.97. The fourth-order valence-corrected chi connectivity index (χ4v) is 4.50. The van der Waals surface area contributed by atoms with E-state index in [1.807, 2.05) is 4.90 Å². The van der Waals surface area contributed by atoms with Crippen LogP contribution in [0, 0.1) is 5.92 Å². The molecule has 2 nitrogen and oxygen atoms in total. The van der Waals surface area contributed by atoms with Crippen molar-refractivity contribution in [2.75, 3.05) is 26.2 Å². The summed E-state index contributed by atoms with van der Waals surface area (Å²) in [5.74, 6) is 0.966. The second kappa shape index (κ2) is 7.61. The van der Waals surface area contributed by atoms with Crippen LogP contribution < -0.4 is 9.80 Å². The van der Waals surface area contributed by atoms with Crippen molar-refractivity contribution in [1.82, 2.24) is 0 Å². The average Bonchev–Trinajstić information content (AvgIpc) is 2.56. The lowest BCUT2D eigenvalue weighted by Gasteiger charge is -2.37. The second-order valence-corrected chi connectivity index (χ2v) is 7.72. The second-order valence-electron chi connectivity index (χ2n) is 7.72. The third-order valence-electron chi connectivity index (χ3n) is 6.00. The lowest BCUT2D eigenvalue weighted by Crippen LogP contribution is -3.29. The Morgan fingerprint density at radius 2 is 1.64 bits per heavy atom. The van der Waals surface area contributed by atoms with Crippen LogP contribution in [0.3, 0.4) is 0 Å². The van der Waals surface area contributed by atoms with Crippen LogP contribution >= 0.6 is 0 Å². The van der Waals surface area contributed by atoms with Crippen molar-refractivity contribution in [2.45, 2.75) is 58.5 Å². The van der Waals surface area contributed by atoms with Gasteiger partial charge in [-0.15, -0.1) is 0 Å². The van der Waals surface area contributed by atoms with E-state index in [4.69, 9.17) is 0 Å². The molecule has 1 heterocycles. The molecule has 0 radical (unpaired) electrons. The van der Waals surface area contributed by atoms with E-state index >= 15 is 0 Å². The SMILES string of the molecule is CCc1ccc(C[NH+]2CC[NH+]([C@H]3CCC[C@H](C)C3)CC2)cc1. The van der Waals surface area contributed by atoms with E-state index < -0.39 is 0 Å². The molecule has 0 unspecified atom stereocenters. The molecule has 0 amide bonds. The summed E-state index contributed by atoms with van der Waals surface area (Å²) < 4.78 is 0. The van der Waals surface area contributed by atoms with Crippen LogP contribution in [0.4, 0.5) is 0 Å². The Labute approximate surface area is 136 Å². The van der Waals surface area contributed by atoms with Gasteiger partial charge in [0.15, 0.2) is 0 Å². The molecule has 1 saturated heterocycles. The maximum Gasteiger partial charge on any atom is 0.127 e. The van der Waals surface area contributed by atoms with Gasteiger partial charge >= 0.3 is 0 Å². The topological polar surface area (TPSA) is 8.88 Å². The van der Waals surface area contributed by atoms with Crippen molar-refractivity contribution in [3.8, 4) is 0 Å². The first-order chi connectivity index (χ1) is 10.7. The molecule has 2 heteroatoms. The van der Waals surface area contributed by atoms with Gasteiger partial charge in [0.1, 0.15) is 32.7 Å². The van der Waals surface area contributed by atoms with E-state index in [-0.39, 0.29) is 0 Å². The van der Waals surface area contributed by atoms with E-state index in [2.05, 4.69) is 38.1 Å². The summed E-state index contributed by atoms with van der Waals surface area (Å²) in [5, 5.41) is 0. The van der Waals surface area contributed by atoms with Gasteiger partial charge in [-0.1, -0.05) is 44.5 Å². The number of piperazine rings is 1. The van der Waals surface area contributed by atoms with Crippen LogP contribution in [-0.2, 0) is 13.0 Å². The molecule has 122 valence electrons. The summed E-state index contributed by atoms with van der Waals surface area (Å²) in [6.07, 6.45) is 7.04. The van der Waals surface area contributed by atoms with Crippen molar-refractivity contribution < 1.29 is 9.80 Å². The van der Waals surface area contributed by atoms with Gasteiger partial charge < -0.3 is 9.80 Å². The molecular formula is C20H34N2+2. The minimum absolute atomic E-state index is 0.966. The zero-order chi connectivity index (χ0) is 15.4. The molecule has 1 aliphatic heterocycles. The normalized spacial score (nSPS) is 32.8. The first-order valence-electron chi connectivity index (χ1n) is 9.50. The zero-order valence-corrected chi connectivity index (χ0v) is 14.5. The largest absolute Gasteiger partial charge is 0.323 e. The number of benzene rings is 1. The summed E-state index contributed by atoms with van der Waals surface area (Å²) in [6, 6.07) is 10.3. The van der Waals surface area contributed by atoms with Crippen molar-refractivity contribution in [3.63, 3.8) is 0 Å². The van der Waals surface area contributed by atoms with E-state index in [9.17, 15) is 0 Å². The molecular weight excluding hydrogens is 268 g/mol. The maximum absolute atomic E-state index is 2.45. The van der Waals surface area contributed by atoms with Crippen LogP contribution in [0.15, 0.2) is 24.3 Å². The van der Waals surface area contributed by atoms with Crippen LogP contribution in [0.1, 0.15) is 50.7 Å². The first-order valence-corrected chi connectivity index (χ1v) is 9.50. The third-order valence-corrected chi connectivity index (χ3v) is 6.00. The number of nitrogens with one attached hydrogen (secondary N) is 2. The lowest BCUT2D eigenvalue weighted by molar-refractivity contribution is -1.03. The molecule has 2 fully saturated rings. The highest BCUT2D eigenvalue weighted by Gasteiger charge is 2.32. The Hall–Kier alpha value is -0.860. The average molecular weight is 303 g/mol. The number of aryl methyl sites for hydroxylation is 1. The smallest absolute Gasteiger partial charge is 0.127 e. The van der Waals surface area contributed by atoms with Gasteiger partial charge in [-0.3, -0.25) is 0 Å². The van der Waals surface area contributed by atoms with Crippen LogP contribution in [0.25, 0.3) is 0 Å². The molecule has 2 N–H and O–H groups in total. The minimum atomic E-state index is 0.966. The minimum Gasteiger partial charge on any atom is -0.323 e. The van der Waals surface area contributed by atoms with Gasteiger partial charge in [0.25, 0.3) is 0 Å². The third kappa shape index (κ3) is 4.11. The molecule has 1 aromatic carbocycles. The monoisotopic (exact) mass is 302 g/mol. The van der Waals surface area contributed by atoms with Gasteiger partial charge in [-0.25, -0.2) is 0 Å².